The van der Waals surface area contributed by atoms with Crippen LogP contribution < -0.4 is 5.43 Å². The van der Waals surface area contributed by atoms with Crippen molar-refractivity contribution in [2.45, 2.75) is 18.3 Å². The fraction of sp³-hybridized carbons (Fsp3) is 0.188. The molecular weight excluding hydrogens is 433 g/mol. The zero-order chi connectivity index (χ0) is 19.7. The van der Waals surface area contributed by atoms with Crippen LogP contribution in [0.2, 0.25) is 0 Å². The second kappa shape index (κ2) is 7.16. The van der Waals surface area contributed by atoms with Crippen molar-refractivity contribution in [3.8, 4) is 0 Å². The van der Waals surface area contributed by atoms with Gasteiger partial charge in [-0.15, -0.1) is 0 Å². The molecule has 0 spiro atoms. The predicted octanol–water partition coefficient (Wildman–Crippen LogP) is 3.45. The number of rotatable bonds is 3. The summed E-state index contributed by atoms with van der Waals surface area (Å²) in [4.78, 5) is 12.2. The summed E-state index contributed by atoms with van der Waals surface area (Å²) < 4.78 is 45.8. The van der Waals surface area contributed by atoms with Crippen molar-refractivity contribution in [2.24, 2.45) is 10.2 Å². The Morgan fingerprint density at radius 3 is 2.74 bits per heavy atom. The third-order valence-corrected chi connectivity index (χ3v) is 4.43. The first kappa shape index (κ1) is 19.1. The number of amides is 2. The van der Waals surface area contributed by atoms with E-state index in [0.717, 1.165) is 0 Å². The van der Waals surface area contributed by atoms with Crippen LogP contribution in [0.3, 0.4) is 0 Å². The zero-order valence-corrected chi connectivity index (χ0v) is 15.0. The first-order chi connectivity index (χ1) is 12.7. The quantitative estimate of drug-likeness (QED) is 0.561. The van der Waals surface area contributed by atoms with Crippen molar-refractivity contribution in [2.75, 3.05) is 0 Å². The van der Waals surface area contributed by atoms with Crippen molar-refractivity contribution in [1.29, 1.82) is 0 Å². The van der Waals surface area contributed by atoms with E-state index in [0.29, 0.717) is 10.0 Å². The molecule has 0 saturated heterocycles. The molecule has 2 N–H and O–H groups in total. The van der Waals surface area contributed by atoms with Gasteiger partial charge in [0.2, 0.25) is 0 Å². The number of nitrogens with one attached hydrogen (secondary N) is 1. The van der Waals surface area contributed by atoms with E-state index in [1.807, 2.05) is 5.43 Å². The molecule has 142 valence electrons. The van der Waals surface area contributed by atoms with Crippen LogP contribution >= 0.6 is 15.9 Å². The van der Waals surface area contributed by atoms with Crippen LogP contribution in [-0.4, -0.2) is 40.0 Å². The molecular formula is C16H12BrF3N4O3. The second-order valence-corrected chi connectivity index (χ2v) is 6.38. The fourth-order valence-electron chi connectivity index (χ4n) is 2.34. The molecule has 1 aromatic heterocycles. The molecule has 3 rings (SSSR count). The Kier molecular flexibility index (Phi) is 5.07. The van der Waals surface area contributed by atoms with Gasteiger partial charge in [-0.1, -0.05) is 34.1 Å². The molecule has 0 fully saturated rings. The molecule has 0 bridgehead atoms. The largest absolute Gasteiger partial charge is 0.463 e. The number of hydrazone groups is 2. The van der Waals surface area contributed by atoms with Crippen LogP contribution in [0.1, 0.15) is 17.7 Å². The number of alkyl halides is 3. The number of urea groups is 1. The molecule has 2 aromatic rings. The summed E-state index contributed by atoms with van der Waals surface area (Å²) in [6.07, 6.45) is -3.63. The van der Waals surface area contributed by atoms with E-state index in [4.69, 9.17) is 4.42 Å². The van der Waals surface area contributed by atoms with E-state index in [2.05, 4.69) is 26.1 Å². The molecule has 1 aliphatic rings. The molecule has 7 nitrogen and oxygen atoms in total. The Morgan fingerprint density at radius 1 is 1.37 bits per heavy atom. The fourth-order valence-corrected chi connectivity index (χ4v) is 2.73. The highest BCUT2D eigenvalue weighted by Gasteiger charge is 2.63. The summed E-state index contributed by atoms with van der Waals surface area (Å²) >= 11 is 3.27. The number of carbonyl (C=O) groups excluding carboxylic acids is 1. The van der Waals surface area contributed by atoms with E-state index in [1.165, 1.54) is 24.6 Å². The SMILES string of the molecule is O=C(N/N=C/c1ccccc1Br)N1N=C(c2ccco2)CC1(O)C(F)(F)F. The van der Waals surface area contributed by atoms with Gasteiger partial charge in [-0.25, -0.2) is 10.2 Å². The van der Waals surface area contributed by atoms with Gasteiger partial charge in [-0.3, -0.25) is 0 Å². The molecule has 11 heteroatoms. The predicted molar refractivity (Wildman–Crippen MR) is 93.0 cm³/mol. The van der Waals surface area contributed by atoms with Crippen LogP contribution in [0.5, 0.6) is 0 Å². The van der Waals surface area contributed by atoms with Crippen LogP contribution in [0.25, 0.3) is 0 Å². The van der Waals surface area contributed by atoms with Gasteiger partial charge >= 0.3 is 12.2 Å². The Hall–Kier alpha value is -2.66. The Balaban J connectivity index is 1.82. The standard InChI is InChI=1S/C16H12BrF3N4O3/c17-11-5-2-1-4-10(11)9-21-22-14(25)24-15(26,16(18,19)20)8-12(23-24)13-6-3-7-27-13/h1-7,9,26H,8H2,(H,22,25)/b21-9+. The highest BCUT2D eigenvalue weighted by molar-refractivity contribution is 9.10. The lowest BCUT2D eigenvalue weighted by molar-refractivity contribution is -0.297. The highest BCUT2D eigenvalue weighted by Crippen LogP contribution is 2.41. The highest BCUT2D eigenvalue weighted by atomic mass is 79.9. The number of aliphatic hydroxyl groups is 1. The number of hydrogen-bond donors (Lipinski definition) is 2. The smallest absolute Gasteiger partial charge is 0.438 e. The molecule has 2 amide bonds. The summed E-state index contributed by atoms with van der Waals surface area (Å²) in [5, 5.41) is 17.2. The Labute approximate surface area is 159 Å². The van der Waals surface area contributed by atoms with E-state index in [-0.39, 0.29) is 16.5 Å². The minimum atomic E-state index is -5.14. The third kappa shape index (κ3) is 3.74. The summed E-state index contributed by atoms with van der Waals surface area (Å²) in [7, 11) is 0. The van der Waals surface area contributed by atoms with Gasteiger partial charge in [0.1, 0.15) is 11.5 Å². The minimum Gasteiger partial charge on any atom is -0.463 e. The van der Waals surface area contributed by atoms with E-state index in [1.54, 1.807) is 24.3 Å². The molecule has 0 aliphatic carbocycles. The van der Waals surface area contributed by atoms with Crippen LogP contribution in [0.4, 0.5) is 18.0 Å². The summed E-state index contributed by atoms with van der Waals surface area (Å²) in [5.74, 6) is 0.0182. The molecule has 27 heavy (non-hydrogen) atoms. The van der Waals surface area contributed by atoms with Gasteiger partial charge in [0.25, 0.3) is 5.72 Å². The van der Waals surface area contributed by atoms with Crippen molar-refractivity contribution in [3.63, 3.8) is 0 Å². The lowest BCUT2D eigenvalue weighted by Crippen LogP contribution is -2.58. The number of carbonyl (C=O) groups is 1. The van der Waals surface area contributed by atoms with Crippen molar-refractivity contribution in [3.05, 3.63) is 58.5 Å². The molecule has 1 aliphatic heterocycles. The van der Waals surface area contributed by atoms with Gasteiger partial charge < -0.3 is 9.52 Å². The Bertz CT molecular complexity index is 899. The maximum Gasteiger partial charge on any atom is 0.438 e. The van der Waals surface area contributed by atoms with Gasteiger partial charge in [0.15, 0.2) is 0 Å². The van der Waals surface area contributed by atoms with Crippen LogP contribution in [0.15, 0.2) is 61.8 Å². The minimum absolute atomic E-state index is 0.0182. The van der Waals surface area contributed by atoms with Crippen molar-refractivity contribution in [1.82, 2.24) is 10.4 Å². The maximum atomic E-state index is 13.4. The summed E-state index contributed by atoms with van der Waals surface area (Å²) in [5.41, 5.74) is -1.21. The first-order valence-corrected chi connectivity index (χ1v) is 8.30. The molecule has 2 heterocycles. The lowest BCUT2D eigenvalue weighted by atomic mass is 10.1. The second-order valence-electron chi connectivity index (χ2n) is 5.52. The number of furan rings is 1. The van der Waals surface area contributed by atoms with Crippen LogP contribution in [-0.2, 0) is 0 Å². The van der Waals surface area contributed by atoms with Crippen LogP contribution in [0, 0.1) is 0 Å². The normalized spacial score (nSPS) is 20.2. The molecule has 1 atom stereocenters. The first-order valence-electron chi connectivity index (χ1n) is 7.50. The molecule has 0 saturated carbocycles. The average Bonchev–Trinajstić information content (AvgIpc) is 3.24. The summed E-state index contributed by atoms with van der Waals surface area (Å²) in [6, 6.07) is 8.37. The third-order valence-electron chi connectivity index (χ3n) is 3.71. The van der Waals surface area contributed by atoms with Gasteiger partial charge in [-0.05, 0) is 18.2 Å². The number of halogens is 4. The van der Waals surface area contributed by atoms with Crippen molar-refractivity contribution >= 4 is 33.9 Å². The number of hydrogen-bond acceptors (Lipinski definition) is 5. The lowest BCUT2D eigenvalue weighted by Gasteiger charge is -2.31. The monoisotopic (exact) mass is 444 g/mol. The average molecular weight is 445 g/mol. The van der Waals surface area contributed by atoms with Gasteiger partial charge in [0.05, 0.1) is 18.9 Å². The van der Waals surface area contributed by atoms with E-state index in [9.17, 15) is 23.1 Å². The van der Waals surface area contributed by atoms with Crippen molar-refractivity contribution < 1.29 is 27.5 Å². The molecule has 1 unspecified atom stereocenters. The number of nitrogens with zero attached hydrogens (tertiary/aromatic N) is 3. The molecule has 0 radical (unpaired) electrons. The zero-order valence-electron chi connectivity index (χ0n) is 13.4. The van der Waals surface area contributed by atoms with E-state index >= 15 is 0 Å². The topological polar surface area (TPSA) is 90.4 Å². The molecule has 1 aromatic carbocycles. The summed E-state index contributed by atoms with van der Waals surface area (Å²) in [6.45, 7) is 0. The maximum absolute atomic E-state index is 13.4. The number of benzene rings is 1. The van der Waals surface area contributed by atoms with E-state index < -0.39 is 24.4 Å². The van der Waals surface area contributed by atoms with Gasteiger partial charge in [-0.2, -0.15) is 28.4 Å². The Morgan fingerprint density at radius 2 is 2.11 bits per heavy atom. The van der Waals surface area contributed by atoms with Gasteiger partial charge in [0, 0.05) is 10.0 Å².